The van der Waals surface area contributed by atoms with E-state index in [1.54, 1.807) is 0 Å². The summed E-state index contributed by atoms with van der Waals surface area (Å²) in [5.41, 5.74) is 0.394. The van der Waals surface area contributed by atoms with Crippen LogP contribution in [0.4, 0.5) is 8.78 Å². The molecule has 0 unspecified atom stereocenters. The number of aromatic nitrogens is 1. The van der Waals surface area contributed by atoms with Gasteiger partial charge in [0.2, 0.25) is 0 Å². The summed E-state index contributed by atoms with van der Waals surface area (Å²) in [6.45, 7) is 4.36. The highest BCUT2D eigenvalue weighted by Crippen LogP contribution is 2.33. The van der Waals surface area contributed by atoms with Gasteiger partial charge in [0.15, 0.2) is 5.01 Å². The molecule has 0 saturated carbocycles. The minimum absolute atomic E-state index is 0.133. The van der Waals surface area contributed by atoms with Crippen LogP contribution in [0.15, 0.2) is 24.4 Å². The molecule has 3 saturated heterocycles. The minimum Gasteiger partial charge on any atom is -0.345 e. The highest BCUT2D eigenvalue weighted by Gasteiger charge is 2.40. The first-order valence-electron chi connectivity index (χ1n) is 8.48. The van der Waals surface area contributed by atoms with Crippen LogP contribution in [0.1, 0.15) is 29.6 Å². The number of halogens is 2. The lowest BCUT2D eigenvalue weighted by molar-refractivity contribution is 0.0217. The Morgan fingerprint density at radius 1 is 1.24 bits per heavy atom. The number of benzene rings is 1. The van der Waals surface area contributed by atoms with E-state index in [0.717, 1.165) is 43.3 Å². The summed E-state index contributed by atoms with van der Waals surface area (Å²) in [4.78, 5) is 19.7. The Morgan fingerprint density at radius 3 is 2.56 bits per heavy atom. The normalized spacial score (nSPS) is 28.1. The Bertz CT molecular complexity index is 779. The summed E-state index contributed by atoms with van der Waals surface area (Å²) >= 11 is 1.15. The van der Waals surface area contributed by atoms with E-state index in [2.05, 4.69) is 22.1 Å². The second-order valence-electron chi connectivity index (χ2n) is 6.80. The van der Waals surface area contributed by atoms with E-state index in [4.69, 9.17) is 0 Å². The first-order chi connectivity index (χ1) is 12.0. The molecule has 0 radical (unpaired) electrons. The monoisotopic (exact) mass is 363 g/mol. The van der Waals surface area contributed by atoms with Crippen LogP contribution < -0.4 is 5.32 Å². The van der Waals surface area contributed by atoms with Crippen molar-refractivity contribution >= 4 is 17.2 Å². The number of thiazole rings is 1. The highest BCUT2D eigenvalue weighted by molar-refractivity contribution is 7.16. The van der Waals surface area contributed by atoms with E-state index < -0.39 is 11.6 Å². The van der Waals surface area contributed by atoms with Gasteiger partial charge in [0.05, 0.1) is 4.88 Å². The Morgan fingerprint density at radius 2 is 1.92 bits per heavy atom. The average molecular weight is 363 g/mol. The van der Waals surface area contributed by atoms with Crippen molar-refractivity contribution in [3.8, 4) is 10.4 Å². The lowest BCUT2D eigenvalue weighted by Crippen LogP contribution is -2.62. The van der Waals surface area contributed by atoms with Crippen molar-refractivity contribution in [1.29, 1.82) is 0 Å². The number of rotatable bonds is 3. The van der Waals surface area contributed by atoms with Crippen molar-refractivity contribution < 1.29 is 13.6 Å². The lowest BCUT2D eigenvalue weighted by atomic mass is 9.79. The van der Waals surface area contributed by atoms with Gasteiger partial charge in [0.25, 0.3) is 5.91 Å². The summed E-state index contributed by atoms with van der Waals surface area (Å²) in [7, 11) is 0. The van der Waals surface area contributed by atoms with Crippen LogP contribution >= 0.6 is 11.3 Å². The van der Waals surface area contributed by atoms with Crippen LogP contribution in [0, 0.1) is 17.6 Å². The quantitative estimate of drug-likeness (QED) is 0.910. The summed E-state index contributed by atoms with van der Waals surface area (Å²) in [6, 6.07) is 3.77. The first kappa shape index (κ1) is 16.6. The summed E-state index contributed by atoms with van der Waals surface area (Å²) < 4.78 is 26.8. The molecule has 1 aromatic heterocycles. The van der Waals surface area contributed by atoms with Gasteiger partial charge in [-0.15, -0.1) is 11.3 Å². The zero-order chi connectivity index (χ0) is 17.6. The average Bonchev–Trinajstić information content (AvgIpc) is 3.08. The van der Waals surface area contributed by atoms with Crippen LogP contribution in [0.3, 0.4) is 0 Å². The van der Waals surface area contributed by atoms with Gasteiger partial charge in [0, 0.05) is 24.3 Å². The fourth-order valence-corrected chi connectivity index (χ4v) is 4.77. The number of carbonyl (C=O) groups excluding carboxylic acids is 1. The van der Waals surface area contributed by atoms with Crippen LogP contribution in [-0.2, 0) is 0 Å². The third kappa shape index (κ3) is 3.18. The van der Waals surface area contributed by atoms with Gasteiger partial charge in [-0.3, -0.25) is 9.69 Å². The number of carbonyl (C=O) groups is 1. The van der Waals surface area contributed by atoms with E-state index in [1.807, 2.05) is 0 Å². The number of piperidine rings is 3. The number of nitrogens with zero attached hydrogens (tertiary/aromatic N) is 2. The van der Waals surface area contributed by atoms with Crippen molar-refractivity contribution in [2.24, 2.45) is 5.92 Å². The number of nitrogens with one attached hydrogen (secondary N) is 1. The summed E-state index contributed by atoms with van der Waals surface area (Å²) in [6.07, 6.45) is 3.72. The van der Waals surface area contributed by atoms with E-state index in [0.29, 0.717) is 27.4 Å². The molecule has 4 nitrogen and oxygen atoms in total. The molecule has 1 aromatic carbocycles. The summed E-state index contributed by atoms with van der Waals surface area (Å²) in [5.74, 6) is -0.981. The molecule has 3 aliphatic heterocycles. The minimum atomic E-state index is -0.643. The number of hydrogen-bond donors (Lipinski definition) is 1. The maximum atomic E-state index is 13.4. The molecule has 0 aliphatic carbocycles. The second kappa shape index (κ2) is 6.46. The van der Waals surface area contributed by atoms with Crippen molar-refractivity contribution in [1.82, 2.24) is 15.2 Å². The van der Waals surface area contributed by atoms with Gasteiger partial charge in [-0.2, -0.15) is 0 Å². The van der Waals surface area contributed by atoms with Crippen molar-refractivity contribution in [3.05, 3.63) is 41.0 Å². The van der Waals surface area contributed by atoms with Crippen LogP contribution in [0.25, 0.3) is 10.4 Å². The van der Waals surface area contributed by atoms with Crippen molar-refractivity contribution in [2.45, 2.75) is 31.8 Å². The van der Waals surface area contributed by atoms with Gasteiger partial charge in [-0.25, -0.2) is 13.8 Å². The van der Waals surface area contributed by atoms with Gasteiger partial charge < -0.3 is 5.32 Å². The van der Waals surface area contributed by atoms with Crippen LogP contribution in [0.2, 0.25) is 0 Å². The molecule has 3 fully saturated rings. The molecule has 5 rings (SSSR count). The van der Waals surface area contributed by atoms with E-state index in [9.17, 15) is 13.6 Å². The SMILES string of the molecule is C[C@H]1[C@H](NC(=O)c2ncc(-c3cc(F)cc(F)c3)s2)C2CCN1CC2. The van der Waals surface area contributed by atoms with Gasteiger partial charge in [-0.1, -0.05) is 0 Å². The summed E-state index contributed by atoms with van der Waals surface area (Å²) in [5, 5.41) is 3.45. The van der Waals surface area contributed by atoms with E-state index in [-0.39, 0.29) is 11.9 Å². The predicted octanol–water partition coefficient (Wildman–Crippen LogP) is 3.30. The molecule has 2 atom stereocenters. The number of hydrogen-bond acceptors (Lipinski definition) is 4. The first-order valence-corrected chi connectivity index (χ1v) is 9.30. The smallest absolute Gasteiger partial charge is 0.280 e. The Kier molecular flexibility index (Phi) is 4.29. The molecule has 3 aliphatic rings. The third-order valence-electron chi connectivity index (χ3n) is 5.32. The molecule has 1 amide bonds. The molecule has 4 heterocycles. The fraction of sp³-hybridized carbons (Fsp3) is 0.444. The molecule has 1 N–H and O–H groups in total. The van der Waals surface area contributed by atoms with E-state index >= 15 is 0 Å². The van der Waals surface area contributed by atoms with Gasteiger partial charge in [-0.05, 0) is 56.5 Å². The molecule has 2 aromatic rings. The van der Waals surface area contributed by atoms with Crippen LogP contribution in [-0.4, -0.2) is 41.0 Å². The Labute approximate surface area is 148 Å². The van der Waals surface area contributed by atoms with Crippen molar-refractivity contribution in [3.63, 3.8) is 0 Å². The van der Waals surface area contributed by atoms with Crippen LogP contribution in [0.5, 0.6) is 0 Å². The van der Waals surface area contributed by atoms with Crippen molar-refractivity contribution in [2.75, 3.05) is 13.1 Å². The number of amides is 1. The molecule has 25 heavy (non-hydrogen) atoms. The second-order valence-corrected chi connectivity index (χ2v) is 7.83. The maximum absolute atomic E-state index is 13.4. The third-order valence-corrected chi connectivity index (χ3v) is 6.37. The Balaban J connectivity index is 1.51. The zero-order valence-corrected chi connectivity index (χ0v) is 14.7. The number of fused-ring (bicyclic) bond motifs is 3. The highest BCUT2D eigenvalue weighted by atomic mass is 32.1. The molecule has 132 valence electrons. The zero-order valence-electron chi connectivity index (χ0n) is 13.8. The molecular formula is C18H19F2N3OS. The fourth-order valence-electron chi connectivity index (χ4n) is 3.97. The molecule has 0 spiro atoms. The molecule has 2 bridgehead atoms. The van der Waals surface area contributed by atoms with E-state index in [1.165, 1.54) is 18.3 Å². The molecule has 7 heteroatoms. The topological polar surface area (TPSA) is 45.2 Å². The van der Waals surface area contributed by atoms with Gasteiger partial charge >= 0.3 is 0 Å². The van der Waals surface area contributed by atoms with Gasteiger partial charge in [0.1, 0.15) is 11.6 Å². The standard InChI is InChI=1S/C18H19F2N3OS/c1-10-16(11-2-4-23(10)5-3-11)22-17(24)18-21-9-15(25-18)12-6-13(19)8-14(20)7-12/h6-11,16H,2-5H2,1H3,(H,22,24)/t10-,16-/m0/s1. The molecular weight excluding hydrogens is 344 g/mol. The lowest BCUT2D eigenvalue weighted by Gasteiger charge is -2.49. The maximum Gasteiger partial charge on any atom is 0.280 e. The Hall–Kier alpha value is -1.86. The predicted molar refractivity (Wildman–Crippen MR) is 92.5 cm³/mol. The largest absolute Gasteiger partial charge is 0.345 e.